The van der Waals surface area contributed by atoms with E-state index in [-0.39, 0.29) is 11.9 Å². The summed E-state index contributed by atoms with van der Waals surface area (Å²) in [6, 6.07) is 35.3. The number of nitrogens with zero attached hydrogens (tertiary/aromatic N) is 1. The first-order chi connectivity index (χ1) is 16.7. The molecule has 0 aromatic heterocycles. The summed E-state index contributed by atoms with van der Waals surface area (Å²) >= 11 is 0. The van der Waals surface area contributed by atoms with Crippen LogP contribution >= 0.6 is 0 Å². The number of carbonyl (C=O) groups is 1. The third-order valence-electron chi connectivity index (χ3n) is 6.73. The Morgan fingerprint density at radius 2 is 1.50 bits per heavy atom. The predicted molar refractivity (Wildman–Crippen MR) is 137 cm³/mol. The molecule has 4 aromatic rings. The molecule has 1 amide bonds. The van der Waals surface area contributed by atoms with E-state index in [1.54, 1.807) is 7.11 Å². The van der Waals surface area contributed by atoms with E-state index < -0.39 is 0 Å². The van der Waals surface area contributed by atoms with Gasteiger partial charge in [0.05, 0.1) is 13.5 Å². The van der Waals surface area contributed by atoms with Crippen LogP contribution in [0.4, 0.5) is 0 Å². The number of methoxy groups -OCH3 is 1. The van der Waals surface area contributed by atoms with Gasteiger partial charge in [0, 0.05) is 12.6 Å². The van der Waals surface area contributed by atoms with E-state index in [1.165, 1.54) is 11.1 Å². The second-order valence-electron chi connectivity index (χ2n) is 8.90. The molecule has 5 rings (SSSR count). The minimum Gasteiger partial charge on any atom is -0.497 e. The van der Waals surface area contributed by atoms with Crippen molar-refractivity contribution in [3.05, 3.63) is 125 Å². The van der Waals surface area contributed by atoms with Crippen molar-refractivity contribution in [1.82, 2.24) is 4.90 Å². The number of ether oxygens (including phenoxy) is 1. The van der Waals surface area contributed by atoms with Gasteiger partial charge >= 0.3 is 0 Å². The smallest absolute Gasteiger partial charge is 0.227 e. The average molecular weight is 448 g/mol. The number of carbonyl (C=O) groups excluding carboxylic acids is 1. The molecule has 1 aliphatic rings. The molecule has 3 nitrogen and oxygen atoms in total. The van der Waals surface area contributed by atoms with Crippen molar-refractivity contribution in [2.24, 2.45) is 0 Å². The summed E-state index contributed by atoms with van der Waals surface area (Å²) in [6.07, 6.45) is 2.11. The molecule has 1 unspecified atom stereocenters. The van der Waals surface area contributed by atoms with Crippen LogP contribution in [0.3, 0.4) is 0 Å². The van der Waals surface area contributed by atoms with Crippen LogP contribution in [0.25, 0.3) is 11.1 Å². The first kappa shape index (κ1) is 22.0. The van der Waals surface area contributed by atoms with Crippen molar-refractivity contribution in [1.29, 1.82) is 0 Å². The maximum atomic E-state index is 13.9. The van der Waals surface area contributed by atoms with Crippen molar-refractivity contribution < 1.29 is 9.53 Å². The van der Waals surface area contributed by atoms with Crippen LogP contribution in [0, 0.1) is 0 Å². The van der Waals surface area contributed by atoms with Gasteiger partial charge in [-0.15, -0.1) is 0 Å². The largest absolute Gasteiger partial charge is 0.497 e. The minimum absolute atomic E-state index is 0.138. The van der Waals surface area contributed by atoms with E-state index in [9.17, 15) is 4.79 Å². The Bertz CT molecular complexity index is 1270. The van der Waals surface area contributed by atoms with Crippen molar-refractivity contribution in [3.63, 3.8) is 0 Å². The van der Waals surface area contributed by atoms with E-state index in [2.05, 4.69) is 53.4 Å². The highest BCUT2D eigenvalue weighted by Crippen LogP contribution is 2.31. The van der Waals surface area contributed by atoms with Crippen LogP contribution in [0.2, 0.25) is 0 Å². The number of hydrogen-bond donors (Lipinski definition) is 0. The molecule has 3 heteroatoms. The van der Waals surface area contributed by atoms with Crippen LogP contribution in [0.1, 0.15) is 22.3 Å². The van der Waals surface area contributed by atoms with Gasteiger partial charge in [0.1, 0.15) is 5.75 Å². The first-order valence-corrected chi connectivity index (χ1v) is 11.8. The molecule has 0 fully saturated rings. The zero-order chi connectivity index (χ0) is 23.3. The van der Waals surface area contributed by atoms with E-state index in [1.807, 2.05) is 54.6 Å². The molecule has 0 saturated heterocycles. The second-order valence-corrected chi connectivity index (χ2v) is 8.90. The van der Waals surface area contributed by atoms with Crippen molar-refractivity contribution in [2.75, 3.05) is 7.11 Å². The lowest BCUT2D eigenvalue weighted by molar-refractivity contribution is -0.133. The minimum atomic E-state index is 0.138. The van der Waals surface area contributed by atoms with Gasteiger partial charge < -0.3 is 9.64 Å². The SMILES string of the molecule is COc1ccc2c(c1)CC(N(Cc1ccccc1)C(=O)Cc1ccccc1-c1ccccc1)C2. The average Bonchev–Trinajstić information content (AvgIpc) is 3.31. The van der Waals surface area contributed by atoms with Gasteiger partial charge in [-0.3, -0.25) is 4.79 Å². The van der Waals surface area contributed by atoms with E-state index in [0.717, 1.165) is 40.8 Å². The van der Waals surface area contributed by atoms with Gasteiger partial charge in [-0.1, -0.05) is 91.0 Å². The van der Waals surface area contributed by atoms with Crippen molar-refractivity contribution in [2.45, 2.75) is 31.8 Å². The number of fused-ring (bicyclic) bond motifs is 1. The molecule has 0 radical (unpaired) electrons. The number of amides is 1. The molecule has 170 valence electrons. The molecule has 0 spiro atoms. The normalized spacial score (nSPS) is 14.4. The van der Waals surface area contributed by atoms with Crippen LogP contribution in [-0.4, -0.2) is 24.0 Å². The fourth-order valence-electron chi connectivity index (χ4n) is 4.96. The van der Waals surface area contributed by atoms with E-state index >= 15 is 0 Å². The Balaban J connectivity index is 1.43. The van der Waals surface area contributed by atoms with Gasteiger partial charge in [0.15, 0.2) is 0 Å². The lowest BCUT2D eigenvalue weighted by Crippen LogP contribution is -2.41. The number of benzene rings is 4. The third kappa shape index (κ3) is 4.74. The van der Waals surface area contributed by atoms with Gasteiger partial charge in [-0.2, -0.15) is 0 Å². The van der Waals surface area contributed by atoms with Gasteiger partial charge in [0.2, 0.25) is 5.91 Å². The Morgan fingerprint density at radius 1 is 0.824 bits per heavy atom. The van der Waals surface area contributed by atoms with E-state index in [4.69, 9.17) is 4.74 Å². The quantitative estimate of drug-likeness (QED) is 0.343. The molecule has 4 aromatic carbocycles. The van der Waals surface area contributed by atoms with Crippen LogP contribution in [-0.2, 0) is 30.6 Å². The maximum Gasteiger partial charge on any atom is 0.227 e. The maximum absolute atomic E-state index is 13.9. The summed E-state index contributed by atoms with van der Waals surface area (Å²) in [4.78, 5) is 15.9. The fourth-order valence-corrected chi connectivity index (χ4v) is 4.96. The summed E-state index contributed by atoms with van der Waals surface area (Å²) < 4.78 is 5.43. The Labute approximate surface area is 201 Å². The molecule has 1 aliphatic carbocycles. The summed E-state index contributed by atoms with van der Waals surface area (Å²) in [7, 11) is 1.70. The summed E-state index contributed by atoms with van der Waals surface area (Å²) in [5.74, 6) is 1.04. The van der Waals surface area contributed by atoms with E-state index in [0.29, 0.717) is 13.0 Å². The van der Waals surface area contributed by atoms with Gasteiger partial charge in [-0.05, 0) is 58.4 Å². The highest BCUT2D eigenvalue weighted by molar-refractivity contribution is 5.82. The molecule has 34 heavy (non-hydrogen) atoms. The highest BCUT2D eigenvalue weighted by atomic mass is 16.5. The monoisotopic (exact) mass is 447 g/mol. The van der Waals surface area contributed by atoms with Crippen LogP contribution < -0.4 is 4.74 Å². The molecule has 0 saturated carbocycles. The molecule has 0 N–H and O–H groups in total. The molecule has 0 aliphatic heterocycles. The summed E-state index contributed by atoms with van der Waals surface area (Å²) in [6.45, 7) is 0.614. The summed E-state index contributed by atoms with van der Waals surface area (Å²) in [5.41, 5.74) is 7.06. The Morgan fingerprint density at radius 3 is 2.26 bits per heavy atom. The Hall–Kier alpha value is -3.85. The Kier molecular flexibility index (Phi) is 6.44. The summed E-state index contributed by atoms with van der Waals surface area (Å²) in [5, 5.41) is 0. The van der Waals surface area contributed by atoms with Crippen molar-refractivity contribution in [3.8, 4) is 16.9 Å². The predicted octanol–water partition coefficient (Wildman–Crippen LogP) is 6.10. The van der Waals surface area contributed by atoms with Gasteiger partial charge in [-0.25, -0.2) is 0 Å². The van der Waals surface area contributed by atoms with Crippen LogP contribution in [0.5, 0.6) is 5.75 Å². The fraction of sp³-hybridized carbons (Fsp3) is 0.194. The van der Waals surface area contributed by atoms with Crippen molar-refractivity contribution >= 4 is 5.91 Å². The molecular formula is C31H29NO2. The zero-order valence-corrected chi connectivity index (χ0v) is 19.5. The number of rotatable bonds is 7. The molecule has 1 atom stereocenters. The second kappa shape index (κ2) is 9.96. The molecule has 0 heterocycles. The highest BCUT2D eigenvalue weighted by Gasteiger charge is 2.30. The molecular weight excluding hydrogens is 418 g/mol. The topological polar surface area (TPSA) is 29.5 Å². The number of hydrogen-bond acceptors (Lipinski definition) is 2. The first-order valence-electron chi connectivity index (χ1n) is 11.8. The van der Waals surface area contributed by atoms with Gasteiger partial charge in [0.25, 0.3) is 0 Å². The third-order valence-corrected chi connectivity index (χ3v) is 6.73. The molecule has 0 bridgehead atoms. The lowest BCUT2D eigenvalue weighted by Gasteiger charge is -2.30. The standard InChI is InChI=1S/C31H29NO2/c1-34-29-17-16-25-18-28(19-27(25)20-29)32(22-23-10-4-2-5-11-23)31(33)21-26-14-8-9-15-30(26)24-12-6-3-7-13-24/h2-17,20,28H,18-19,21-22H2,1H3. The lowest BCUT2D eigenvalue weighted by atomic mass is 9.97. The van der Waals surface area contributed by atoms with Crippen LogP contribution in [0.15, 0.2) is 103 Å². The zero-order valence-electron chi connectivity index (χ0n) is 19.5.